The number of pyridine rings is 1. The van der Waals surface area contributed by atoms with Crippen LogP contribution in [0.2, 0.25) is 0 Å². The molecule has 43 heavy (non-hydrogen) atoms. The van der Waals surface area contributed by atoms with Gasteiger partial charge in [0.25, 0.3) is 5.56 Å². The highest BCUT2D eigenvalue weighted by atomic mass is 19.1. The number of nitrogens with one attached hydrogen (secondary N) is 2. The summed E-state index contributed by atoms with van der Waals surface area (Å²) in [6, 6.07) is 17.7. The number of H-pyrrole nitrogens is 1. The number of rotatable bonds is 8. The minimum absolute atomic E-state index is 0.0356. The molecule has 0 aliphatic rings. The minimum Gasteiger partial charge on any atom is -0.456 e. The van der Waals surface area contributed by atoms with Gasteiger partial charge in [0.1, 0.15) is 22.8 Å². The lowest BCUT2D eigenvalue weighted by atomic mass is 9.93. The smallest absolute Gasteiger partial charge is 0.274 e. The monoisotopic (exact) mass is 581 g/mol. The van der Waals surface area contributed by atoms with Gasteiger partial charge in [-0.2, -0.15) is 0 Å². The van der Waals surface area contributed by atoms with Gasteiger partial charge < -0.3 is 24.7 Å². The summed E-state index contributed by atoms with van der Waals surface area (Å²) in [5.41, 5.74) is 4.65. The topological polar surface area (TPSA) is 96.3 Å². The van der Waals surface area contributed by atoms with Gasteiger partial charge >= 0.3 is 0 Å². The van der Waals surface area contributed by atoms with E-state index in [-0.39, 0.29) is 23.7 Å². The van der Waals surface area contributed by atoms with Crippen LogP contribution in [0.25, 0.3) is 22.0 Å². The number of ether oxygens (including phenoxy) is 1. The largest absolute Gasteiger partial charge is 0.456 e. The van der Waals surface area contributed by atoms with Crippen molar-refractivity contribution in [3.63, 3.8) is 0 Å². The van der Waals surface area contributed by atoms with Crippen molar-refractivity contribution < 1.29 is 19.0 Å². The lowest BCUT2D eigenvalue weighted by Gasteiger charge is -2.22. The lowest BCUT2D eigenvalue weighted by molar-refractivity contribution is -0.115. The van der Waals surface area contributed by atoms with Gasteiger partial charge in [0.05, 0.1) is 12.0 Å². The number of aromatic amines is 1. The molecule has 0 fully saturated rings. The maximum absolute atomic E-state index is 14.0. The van der Waals surface area contributed by atoms with Crippen LogP contribution in [-0.4, -0.2) is 20.6 Å². The molecule has 3 aromatic carbocycles. The molecule has 2 heterocycles. The maximum atomic E-state index is 14.0. The minimum atomic E-state index is -1.15. The first kappa shape index (κ1) is 29.8. The molecule has 2 aromatic heterocycles. The Morgan fingerprint density at radius 3 is 2.33 bits per heavy atom. The molecule has 0 bridgehead atoms. The summed E-state index contributed by atoms with van der Waals surface area (Å²) in [6.07, 6.45) is 2.67. The zero-order valence-corrected chi connectivity index (χ0v) is 25.3. The Morgan fingerprint density at radius 2 is 1.70 bits per heavy atom. The molecule has 0 aliphatic carbocycles. The summed E-state index contributed by atoms with van der Waals surface area (Å²) in [4.78, 5) is 29.3. The van der Waals surface area contributed by atoms with Crippen LogP contribution >= 0.6 is 0 Å². The van der Waals surface area contributed by atoms with Crippen LogP contribution in [0.15, 0.2) is 71.7 Å². The summed E-state index contributed by atoms with van der Waals surface area (Å²) in [5, 5.41) is 14.4. The second-order valence-electron chi connectivity index (χ2n) is 11.6. The normalized spacial score (nSPS) is 11.6. The van der Waals surface area contributed by atoms with Crippen LogP contribution in [0.3, 0.4) is 0 Å². The number of fused-ring (bicyclic) bond motifs is 1. The summed E-state index contributed by atoms with van der Waals surface area (Å²) in [5.74, 6) is 0.436. The fourth-order valence-electron chi connectivity index (χ4n) is 5.28. The van der Waals surface area contributed by atoms with Gasteiger partial charge in [0.2, 0.25) is 5.91 Å². The Hall–Kier alpha value is -4.69. The molecule has 222 valence electrons. The highest BCUT2D eigenvalue weighted by Crippen LogP contribution is 2.41. The fourth-order valence-corrected chi connectivity index (χ4v) is 5.28. The number of anilines is 1. The van der Waals surface area contributed by atoms with Crippen molar-refractivity contribution in [1.82, 2.24) is 9.55 Å². The quantitative estimate of drug-likeness (QED) is 0.183. The van der Waals surface area contributed by atoms with Gasteiger partial charge in [-0.3, -0.25) is 9.59 Å². The molecular weight excluding hydrogens is 545 g/mol. The number of aromatic nitrogens is 2. The molecule has 0 unspecified atom stereocenters. The van der Waals surface area contributed by atoms with Gasteiger partial charge in [-0.25, -0.2) is 4.39 Å². The molecule has 0 saturated heterocycles. The van der Waals surface area contributed by atoms with Crippen LogP contribution in [0.5, 0.6) is 11.5 Å². The zero-order chi connectivity index (χ0) is 31.1. The van der Waals surface area contributed by atoms with E-state index >= 15 is 0 Å². The molecule has 0 aliphatic heterocycles. The van der Waals surface area contributed by atoms with Crippen molar-refractivity contribution in [3.8, 4) is 22.6 Å². The Balaban J connectivity index is 1.59. The Morgan fingerprint density at radius 1 is 1.02 bits per heavy atom. The van der Waals surface area contributed by atoms with Crippen molar-refractivity contribution in [2.45, 2.75) is 53.1 Å². The van der Waals surface area contributed by atoms with Gasteiger partial charge in [-0.1, -0.05) is 25.1 Å². The molecule has 5 rings (SSSR count). The van der Waals surface area contributed by atoms with Crippen LogP contribution in [0.4, 0.5) is 10.1 Å². The van der Waals surface area contributed by atoms with E-state index in [1.54, 1.807) is 59.1 Å². The number of nitrogens with zero attached hydrogens (tertiary/aromatic N) is 1. The highest BCUT2D eigenvalue weighted by Gasteiger charge is 2.23. The Bertz CT molecular complexity index is 1870. The first-order valence-electron chi connectivity index (χ1n) is 14.3. The van der Waals surface area contributed by atoms with E-state index in [4.69, 9.17) is 4.74 Å². The van der Waals surface area contributed by atoms with Crippen molar-refractivity contribution in [2.75, 3.05) is 5.32 Å². The number of hydrogen-bond donors (Lipinski definition) is 3. The number of aryl methyl sites for hydroxylation is 4. The van der Waals surface area contributed by atoms with Crippen molar-refractivity contribution in [3.05, 3.63) is 111 Å². The van der Waals surface area contributed by atoms with E-state index in [9.17, 15) is 19.1 Å². The predicted octanol–water partition coefficient (Wildman–Crippen LogP) is 7.05. The van der Waals surface area contributed by atoms with Gasteiger partial charge in [-0.05, 0) is 98.8 Å². The average molecular weight is 582 g/mol. The van der Waals surface area contributed by atoms with E-state index in [0.29, 0.717) is 61.6 Å². The van der Waals surface area contributed by atoms with Gasteiger partial charge in [0.15, 0.2) is 0 Å². The number of carbonyl (C=O) groups is 1. The van der Waals surface area contributed by atoms with E-state index in [0.717, 1.165) is 6.42 Å². The highest BCUT2D eigenvalue weighted by molar-refractivity contribution is 5.98. The van der Waals surface area contributed by atoms with E-state index in [1.165, 1.54) is 22.3 Å². The van der Waals surface area contributed by atoms with Crippen molar-refractivity contribution >= 4 is 22.5 Å². The standard InChI is InChI=1S/C35H36FN3O4/c1-7-22-8-11-25(12-9-22)37-31(40)18-26-17-28-29(19-39(6)34(41)32(28)38-26)27-16-23(35(4,5)42)10-13-30(27)43-33-20(2)14-24(36)15-21(33)3/h8-17,19,38,42H,7,18H2,1-6H3,(H,37,40). The molecule has 3 N–H and O–H groups in total. The van der Waals surface area contributed by atoms with Gasteiger partial charge in [-0.15, -0.1) is 0 Å². The summed E-state index contributed by atoms with van der Waals surface area (Å²) >= 11 is 0. The second kappa shape index (κ2) is 11.5. The zero-order valence-electron chi connectivity index (χ0n) is 25.3. The number of carbonyl (C=O) groups excluding carboxylic acids is 1. The fraction of sp³-hybridized carbons (Fsp3) is 0.257. The van der Waals surface area contributed by atoms with Crippen LogP contribution in [0.1, 0.15) is 48.7 Å². The molecule has 8 heteroatoms. The van der Waals surface area contributed by atoms with Crippen molar-refractivity contribution in [1.29, 1.82) is 0 Å². The van der Waals surface area contributed by atoms with Crippen LogP contribution in [-0.2, 0) is 30.3 Å². The van der Waals surface area contributed by atoms with E-state index in [2.05, 4.69) is 17.2 Å². The second-order valence-corrected chi connectivity index (χ2v) is 11.6. The summed E-state index contributed by atoms with van der Waals surface area (Å²) < 4.78 is 21.9. The third-order valence-electron chi connectivity index (χ3n) is 7.63. The predicted molar refractivity (Wildman–Crippen MR) is 168 cm³/mol. The van der Waals surface area contributed by atoms with Gasteiger partial charge in [0, 0.05) is 41.1 Å². The lowest BCUT2D eigenvalue weighted by Crippen LogP contribution is -2.18. The SMILES string of the molecule is CCc1ccc(NC(=O)Cc2cc3c(-c4cc(C(C)(C)O)ccc4Oc4c(C)cc(F)cc4C)cn(C)c(=O)c3[nH]2)cc1. The van der Waals surface area contributed by atoms with Crippen LogP contribution in [0, 0.1) is 19.7 Å². The average Bonchev–Trinajstić information content (AvgIpc) is 3.36. The molecule has 7 nitrogen and oxygen atoms in total. The van der Waals surface area contributed by atoms with E-state index in [1.807, 2.05) is 30.3 Å². The number of benzene rings is 3. The molecule has 0 spiro atoms. The summed E-state index contributed by atoms with van der Waals surface area (Å²) in [7, 11) is 1.66. The third kappa shape index (κ3) is 6.24. The molecule has 1 amide bonds. The molecule has 5 aromatic rings. The third-order valence-corrected chi connectivity index (χ3v) is 7.63. The number of amides is 1. The maximum Gasteiger partial charge on any atom is 0.274 e. The molecule has 0 saturated carbocycles. The Labute approximate surface area is 250 Å². The van der Waals surface area contributed by atoms with Crippen LogP contribution < -0.4 is 15.6 Å². The van der Waals surface area contributed by atoms with E-state index < -0.39 is 5.60 Å². The Kier molecular flexibility index (Phi) is 7.99. The number of halogens is 1. The first-order chi connectivity index (χ1) is 20.3. The van der Waals surface area contributed by atoms with Crippen molar-refractivity contribution in [2.24, 2.45) is 7.05 Å². The molecule has 0 atom stereocenters. The number of hydrogen-bond acceptors (Lipinski definition) is 4. The summed E-state index contributed by atoms with van der Waals surface area (Å²) in [6.45, 7) is 9.02. The molecule has 0 radical (unpaired) electrons. The number of aliphatic hydroxyl groups is 1. The first-order valence-corrected chi connectivity index (χ1v) is 14.3. The molecular formula is C35H36FN3O4.